The number of aromatic amines is 1. The van der Waals surface area contributed by atoms with Gasteiger partial charge in [-0.15, -0.1) is 12.6 Å². The fourth-order valence-electron chi connectivity index (χ4n) is 3.81. The van der Waals surface area contributed by atoms with Crippen molar-refractivity contribution in [1.29, 1.82) is 0 Å². The average molecular weight is 427 g/mol. The molecule has 1 aliphatic heterocycles. The Morgan fingerprint density at radius 1 is 1.33 bits per heavy atom. The second-order valence-corrected chi connectivity index (χ2v) is 8.07. The van der Waals surface area contributed by atoms with Gasteiger partial charge in [-0.25, -0.2) is 4.39 Å². The number of nitrogens with zero attached hydrogens (tertiary/aromatic N) is 1. The number of halogens is 1. The first-order valence-corrected chi connectivity index (χ1v) is 10.9. The third-order valence-corrected chi connectivity index (χ3v) is 5.54. The maximum Gasteiger partial charge on any atom is 0.173 e. The van der Waals surface area contributed by atoms with Crippen LogP contribution in [0.2, 0.25) is 0 Å². The number of H-pyrrole nitrogens is 1. The molecule has 6 heteroatoms. The van der Waals surface area contributed by atoms with Crippen LogP contribution in [0.5, 0.6) is 0 Å². The molecular formula is C24H31FN4S. The Labute approximate surface area is 184 Å². The molecule has 1 saturated heterocycles. The maximum absolute atomic E-state index is 14.5. The molecule has 1 aromatic heterocycles. The van der Waals surface area contributed by atoms with Crippen molar-refractivity contribution in [2.24, 2.45) is 5.73 Å². The van der Waals surface area contributed by atoms with Crippen LogP contribution in [0.4, 0.5) is 4.39 Å². The number of alkyl halides is 1. The number of hydrogen-bond donors (Lipinski definition) is 4. The largest absolute Gasteiger partial charge is 0.404 e. The first-order valence-electron chi connectivity index (χ1n) is 10.4. The highest BCUT2D eigenvalue weighted by molar-refractivity contribution is 7.84. The molecular weight excluding hydrogens is 395 g/mol. The van der Waals surface area contributed by atoms with Gasteiger partial charge in [0.25, 0.3) is 0 Å². The zero-order chi connectivity index (χ0) is 21.3. The number of rotatable bonds is 9. The summed E-state index contributed by atoms with van der Waals surface area (Å²) >= 11 is 4.27. The summed E-state index contributed by atoms with van der Waals surface area (Å²) in [5.41, 5.74) is 10.9. The molecule has 0 spiro atoms. The van der Waals surface area contributed by atoms with Gasteiger partial charge in [-0.1, -0.05) is 30.4 Å². The molecule has 0 radical (unpaired) electrons. The van der Waals surface area contributed by atoms with Gasteiger partial charge in [-0.05, 0) is 67.9 Å². The highest BCUT2D eigenvalue weighted by Gasteiger charge is 2.16. The zero-order valence-electron chi connectivity index (χ0n) is 17.4. The molecule has 0 amide bonds. The summed E-state index contributed by atoms with van der Waals surface area (Å²) in [7, 11) is 0. The first kappa shape index (κ1) is 22.2. The number of allylic oxidation sites excluding steroid dienone is 2. The topological polar surface area (TPSA) is 57.1 Å². The quantitative estimate of drug-likeness (QED) is 0.253. The maximum atomic E-state index is 14.5. The van der Waals surface area contributed by atoms with E-state index in [0.717, 1.165) is 28.9 Å². The lowest BCUT2D eigenvalue weighted by Gasteiger charge is -2.16. The van der Waals surface area contributed by atoms with E-state index in [9.17, 15) is 4.39 Å². The highest BCUT2D eigenvalue weighted by Crippen LogP contribution is 2.31. The van der Waals surface area contributed by atoms with Gasteiger partial charge in [-0.3, -0.25) is 4.90 Å². The molecule has 2 heterocycles. The van der Waals surface area contributed by atoms with E-state index < -0.39 is 6.30 Å². The van der Waals surface area contributed by atoms with Crippen molar-refractivity contribution in [3.8, 4) is 11.1 Å². The number of benzene rings is 1. The van der Waals surface area contributed by atoms with Gasteiger partial charge in [0.05, 0.1) is 5.69 Å². The molecule has 4 N–H and O–H groups in total. The molecule has 1 atom stereocenters. The highest BCUT2D eigenvalue weighted by atomic mass is 32.1. The predicted octanol–water partition coefficient (Wildman–Crippen LogP) is 5.20. The monoisotopic (exact) mass is 426 g/mol. The summed E-state index contributed by atoms with van der Waals surface area (Å²) in [5, 5.41) is 2.73. The average Bonchev–Trinajstić information content (AvgIpc) is 3.43. The van der Waals surface area contributed by atoms with Gasteiger partial charge in [0.1, 0.15) is 0 Å². The van der Waals surface area contributed by atoms with Crippen molar-refractivity contribution < 1.29 is 4.39 Å². The fourth-order valence-corrected chi connectivity index (χ4v) is 4.04. The number of nitrogens with one attached hydrogen (secondary N) is 2. The number of hydrogen-bond acceptors (Lipinski definition) is 4. The minimum atomic E-state index is -1.27. The van der Waals surface area contributed by atoms with Crippen LogP contribution >= 0.6 is 12.6 Å². The van der Waals surface area contributed by atoms with Crippen LogP contribution in [0.1, 0.15) is 37.4 Å². The summed E-state index contributed by atoms with van der Waals surface area (Å²) in [6.45, 7) is 5.19. The first-order chi connectivity index (χ1) is 14.6. The lowest BCUT2D eigenvalue weighted by atomic mass is 9.98. The minimum Gasteiger partial charge on any atom is -0.404 e. The number of likely N-dealkylation sites (tertiary alicyclic amines) is 1. The standard InChI is InChI=1S/C24H31FN4S/c1-2-6-21(30)16-28-23(25)14-20(15-26)24-22(9-10-27-24)19-8-5-7-18(13-19)17-29-11-3-4-12-29/h2,5-10,13,15-16,23,27-28,30H,3-4,11-12,14,17,26H2,1H3/b6-2-,20-15-,21-16-. The number of aromatic nitrogens is 1. The van der Waals surface area contributed by atoms with E-state index in [2.05, 4.69) is 52.1 Å². The molecule has 4 nitrogen and oxygen atoms in total. The fraction of sp³-hybridized carbons (Fsp3) is 0.333. The van der Waals surface area contributed by atoms with Gasteiger partial charge in [0.15, 0.2) is 6.30 Å². The SMILES string of the molecule is C/C=C\C(S)=C\NC(F)C/C(=C/N)c1[nH]ccc1-c1cccc(CN2CCCC2)c1. The van der Waals surface area contributed by atoms with Crippen LogP contribution < -0.4 is 11.1 Å². The summed E-state index contributed by atoms with van der Waals surface area (Å²) in [5.74, 6) is 0. The molecule has 1 fully saturated rings. The Morgan fingerprint density at radius 2 is 2.13 bits per heavy atom. The zero-order valence-corrected chi connectivity index (χ0v) is 18.3. The van der Waals surface area contributed by atoms with Crippen LogP contribution in [-0.2, 0) is 6.54 Å². The van der Waals surface area contributed by atoms with Crippen molar-refractivity contribution in [3.63, 3.8) is 0 Å². The van der Waals surface area contributed by atoms with Crippen LogP contribution in [0.3, 0.4) is 0 Å². The molecule has 0 bridgehead atoms. The summed E-state index contributed by atoms with van der Waals surface area (Å²) < 4.78 is 14.5. The molecule has 1 aliphatic rings. The number of nitrogens with two attached hydrogens (primary N) is 1. The van der Waals surface area contributed by atoms with Gasteiger partial charge in [-0.2, -0.15) is 0 Å². The third-order valence-electron chi connectivity index (χ3n) is 5.26. The molecule has 30 heavy (non-hydrogen) atoms. The van der Waals surface area contributed by atoms with Crippen molar-refractivity contribution in [3.05, 3.63) is 77.2 Å². The predicted molar refractivity (Wildman–Crippen MR) is 127 cm³/mol. The molecule has 0 aliphatic carbocycles. The Morgan fingerprint density at radius 3 is 2.87 bits per heavy atom. The van der Waals surface area contributed by atoms with E-state index in [-0.39, 0.29) is 6.42 Å². The number of thiol groups is 1. The van der Waals surface area contributed by atoms with E-state index >= 15 is 0 Å². The van der Waals surface area contributed by atoms with Crippen LogP contribution in [0.15, 0.2) is 66.0 Å². The summed E-state index contributed by atoms with van der Waals surface area (Å²) in [6, 6.07) is 10.6. The smallest absolute Gasteiger partial charge is 0.173 e. The lowest BCUT2D eigenvalue weighted by Crippen LogP contribution is -2.20. The lowest BCUT2D eigenvalue weighted by molar-refractivity contribution is 0.308. The summed E-state index contributed by atoms with van der Waals surface area (Å²) in [6.07, 6.45) is 9.99. The van der Waals surface area contributed by atoms with E-state index in [1.54, 1.807) is 12.3 Å². The Bertz CT molecular complexity index is 909. The van der Waals surface area contributed by atoms with Crippen LogP contribution in [0, 0.1) is 0 Å². The van der Waals surface area contributed by atoms with E-state index in [1.165, 1.54) is 37.7 Å². The second kappa shape index (κ2) is 11.1. The van der Waals surface area contributed by atoms with Gasteiger partial charge in [0.2, 0.25) is 0 Å². The normalized spacial score (nSPS) is 17.0. The molecule has 1 aromatic carbocycles. The van der Waals surface area contributed by atoms with Crippen molar-refractivity contribution in [2.45, 2.75) is 39.0 Å². The van der Waals surface area contributed by atoms with Crippen LogP contribution in [0.25, 0.3) is 16.7 Å². The van der Waals surface area contributed by atoms with E-state index in [1.807, 2.05) is 25.3 Å². The molecule has 160 valence electrons. The van der Waals surface area contributed by atoms with Crippen molar-refractivity contribution in [1.82, 2.24) is 15.2 Å². The Hall–Kier alpha value is -2.44. The molecule has 0 saturated carbocycles. The molecule has 3 rings (SSSR count). The second-order valence-electron chi connectivity index (χ2n) is 7.55. The van der Waals surface area contributed by atoms with Crippen molar-refractivity contribution >= 4 is 18.2 Å². The minimum absolute atomic E-state index is 0.144. The van der Waals surface area contributed by atoms with Gasteiger partial charge >= 0.3 is 0 Å². The summed E-state index contributed by atoms with van der Waals surface area (Å²) in [4.78, 5) is 6.39. The van der Waals surface area contributed by atoms with E-state index in [4.69, 9.17) is 5.73 Å². The third kappa shape index (κ3) is 6.03. The van der Waals surface area contributed by atoms with Gasteiger partial charge in [0, 0.05) is 35.8 Å². The Balaban J connectivity index is 1.74. The van der Waals surface area contributed by atoms with Crippen molar-refractivity contribution in [2.75, 3.05) is 13.1 Å². The van der Waals surface area contributed by atoms with Crippen LogP contribution in [-0.4, -0.2) is 29.3 Å². The van der Waals surface area contributed by atoms with E-state index in [0.29, 0.717) is 4.91 Å². The van der Waals surface area contributed by atoms with Gasteiger partial charge < -0.3 is 16.0 Å². The molecule has 1 unspecified atom stereocenters. The Kier molecular flexibility index (Phi) is 8.22. The molecule has 2 aromatic rings.